The summed E-state index contributed by atoms with van der Waals surface area (Å²) in [6, 6.07) is 0.611. The highest BCUT2D eigenvalue weighted by Gasteiger charge is 2.24. The monoisotopic (exact) mass is 200 g/mol. The number of aliphatic hydroxyl groups is 1. The summed E-state index contributed by atoms with van der Waals surface area (Å²) in [5.74, 6) is 0. The van der Waals surface area contributed by atoms with Crippen molar-refractivity contribution < 1.29 is 5.11 Å². The number of piperidine rings is 1. The predicted molar refractivity (Wildman–Crippen MR) is 59.4 cm³/mol. The fourth-order valence-corrected chi connectivity index (χ4v) is 2.14. The lowest BCUT2D eigenvalue weighted by molar-refractivity contribution is 0.0185. The molecule has 0 bridgehead atoms. The number of nitrogens with one attached hydrogen (secondary N) is 1. The van der Waals surface area contributed by atoms with Crippen LogP contribution in [0.5, 0.6) is 0 Å². The van der Waals surface area contributed by atoms with Crippen molar-refractivity contribution >= 4 is 0 Å². The van der Waals surface area contributed by atoms with Crippen molar-refractivity contribution in [3.05, 3.63) is 0 Å². The Bertz CT molecular complexity index is 159. The molecule has 0 saturated carbocycles. The summed E-state index contributed by atoms with van der Waals surface area (Å²) in [5, 5.41) is 13.2. The van der Waals surface area contributed by atoms with Gasteiger partial charge in [0.2, 0.25) is 0 Å². The van der Waals surface area contributed by atoms with Crippen LogP contribution in [0.4, 0.5) is 0 Å². The van der Waals surface area contributed by atoms with Crippen molar-refractivity contribution in [1.29, 1.82) is 0 Å². The molecule has 2 N–H and O–H groups in total. The molecule has 1 saturated heterocycles. The molecule has 0 aliphatic carbocycles. The van der Waals surface area contributed by atoms with Gasteiger partial charge in [-0.05, 0) is 39.8 Å². The highest BCUT2D eigenvalue weighted by molar-refractivity contribution is 4.81. The second-order valence-electron chi connectivity index (χ2n) is 4.88. The van der Waals surface area contributed by atoms with Crippen molar-refractivity contribution in [3.8, 4) is 0 Å². The van der Waals surface area contributed by atoms with Crippen LogP contribution in [0.15, 0.2) is 0 Å². The van der Waals surface area contributed by atoms with E-state index in [4.69, 9.17) is 0 Å². The largest absolute Gasteiger partial charge is 0.389 e. The number of rotatable bonds is 4. The molecule has 14 heavy (non-hydrogen) atoms. The standard InChI is InChI=1S/C11H24N2O/c1-4-13(9-11(2,3)14)10-6-5-7-12-8-10/h10,12,14H,4-9H2,1-3H3. The highest BCUT2D eigenvalue weighted by Crippen LogP contribution is 2.13. The van der Waals surface area contributed by atoms with Gasteiger partial charge in [-0.25, -0.2) is 0 Å². The third-order valence-electron chi connectivity index (χ3n) is 2.78. The number of hydrogen-bond acceptors (Lipinski definition) is 3. The van der Waals surface area contributed by atoms with Crippen LogP contribution in [0.25, 0.3) is 0 Å². The Kier molecular flexibility index (Phi) is 4.35. The molecule has 1 unspecified atom stereocenters. The Hall–Kier alpha value is -0.120. The number of likely N-dealkylation sites (N-methyl/N-ethyl adjacent to an activating group) is 1. The molecule has 0 spiro atoms. The van der Waals surface area contributed by atoms with Crippen molar-refractivity contribution in [2.45, 2.75) is 45.3 Å². The highest BCUT2D eigenvalue weighted by atomic mass is 16.3. The van der Waals surface area contributed by atoms with Crippen molar-refractivity contribution in [2.75, 3.05) is 26.2 Å². The van der Waals surface area contributed by atoms with Gasteiger partial charge in [0.15, 0.2) is 0 Å². The van der Waals surface area contributed by atoms with E-state index in [0.29, 0.717) is 6.04 Å². The lowest BCUT2D eigenvalue weighted by atomic mass is 10.0. The summed E-state index contributed by atoms with van der Waals surface area (Å²) in [6.45, 7) is 9.95. The molecule has 0 aromatic rings. The maximum atomic E-state index is 9.79. The molecule has 3 nitrogen and oxygen atoms in total. The maximum Gasteiger partial charge on any atom is 0.0718 e. The molecule has 0 aromatic heterocycles. The van der Waals surface area contributed by atoms with Crippen LogP contribution in [-0.2, 0) is 0 Å². The van der Waals surface area contributed by atoms with E-state index in [1.807, 2.05) is 13.8 Å². The van der Waals surface area contributed by atoms with E-state index in [9.17, 15) is 5.11 Å². The summed E-state index contributed by atoms with van der Waals surface area (Å²) in [6.07, 6.45) is 2.52. The minimum atomic E-state index is -0.576. The molecule has 1 aliphatic rings. The summed E-state index contributed by atoms with van der Waals surface area (Å²) in [7, 11) is 0. The number of hydrogen-bond donors (Lipinski definition) is 2. The summed E-state index contributed by atoms with van der Waals surface area (Å²) in [4.78, 5) is 2.38. The third-order valence-corrected chi connectivity index (χ3v) is 2.78. The molecule has 1 heterocycles. The first kappa shape index (κ1) is 12.0. The Morgan fingerprint density at radius 2 is 2.21 bits per heavy atom. The van der Waals surface area contributed by atoms with E-state index in [1.54, 1.807) is 0 Å². The van der Waals surface area contributed by atoms with E-state index < -0.39 is 5.60 Å². The van der Waals surface area contributed by atoms with Crippen LogP contribution < -0.4 is 5.32 Å². The first-order valence-electron chi connectivity index (χ1n) is 5.70. The second-order valence-corrected chi connectivity index (χ2v) is 4.88. The maximum absolute atomic E-state index is 9.79. The molecule has 3 heteroatoms. The lowest BCUT2D eigenvalue weighted by Gasteiger charge is -2.37. The van der Waals surface area contributed by atoms with Crippen molar-refractivity contribution in [3.63, 3.8) is 0 Å². The van der Waals surface area contributed by atoms with Gasteiger partial charge in [-0.15, -0.1) is 0 Å². The van der Waals surface area contributed by atoms with Gasteiger partial charge in [-0.3, -0.25) is 4.90 Å². The van der Waals surface area contributed by atoms with Gasteiger partial charge < -0.3 is 10.4 Å². The Labute approximate surface area is 87.5 Å². The Morgan fingerprint density at radius 3 is 2.64 bits per heavy atom. The van der Waals surface area contributed by atoms with Crippen LogP contribution in [0.1, 0.15) is 33.6 Å². The third kappa shape index (κ3) is 3.95. The average Bonchev–Trinajstić information content (AvgIpc) is 2.14. The second kappa shape index (κ2) is 5.10. The molecule has 0 aromatic carbocycles. The smallest absolute Gasteiger partial charge is 0.0718 e. The van der Waals surface area contributed by atoms with Crippen LogP contribution >= 0.6 is 0 Å². The van der Waals surface area contributed by atoms with Crippen LogP contribution in [0, 0.1) is 0 Å². The summed E-state index contributed by atoms with van der Waals surface area (Å²) < 4.78 is 0. The molecular formula is C11H24N2O. The van der Waals surface area contributed by atoms with E-state index >= 15 is 0 Å². The van der Waals surface area contributed by atoms with Gasteiger partial charge in [-0.2, -0.15) is 0 Å². The van der Waals surface area contributed by atoms with E-state index in [-0.39, 0.29) is 0 Å². The van der Waals surface area contributed by atoms with Gasteiger partial charge in [0.1, 0.15) is 0 Å². The minimum absolute atomic E-state index is 0.576. The zero-order chi connectivity index (χ0) is 10.6. The van der Waals surface area contributed by atoms with Gasteiger partial charge >= 0.3 is 0 Å². The minimum Gasteiger partial charge on any atom is -0.389 e. The Balaban J connectivity index is 2.43. The average molecular weight is 200 g/mol. The van der Waals surface area contributed by atoms with Crippen LogP contribution in [0.3, 0.4) is 0 Å². The number of nitrogens with zero attached hydrogens (tertiary/aromatic N) is 1. The van der Waals surface area contributed by atoms with E-state index in [1.165, 1.54) is 12.8 Å². The fourth-order valence-electron chi connectivity index (χ4n) is 2.14. The van der Waals surface area contributed by atoms with Gasteiger partial charge in [0.05, 0.1) is 5.60 Å². The molecule has 1 fully saturated rings. The zero-order valence-corrected chi connectivity index (χ0v) is 9.71. The molecule has 84 valence electrons. The summed E-state index contributed by atoms with van der Waals surface area (Å²) >= 11 is 0. The van der Waals surface area contributed by atoms with Gasteiger partial charge in [-0.1, -0.05) is 6.92 Å². The van der Waals surface area contributed by atoms with E-state index in [2.05, 4.69) is 17.1 Å². The molecule has 0 amide bonds. The molecule has 1 atom stereocenters. The first-order chi connectivity index (χ1) is 6.53. The molecule has 1 rings (SSSR count). The van der Waals surface area contributed by atoms with Crippen LogP contribution in [0.2, 0.25) is 0 Å². The van der Waals surface area contributed by atoms with Gasteiger partial charge in [0.25, 0.3) is 0 Å². The molecule has 0 radical (unpaired) electrons. The molecular weight excluding hydrogens is 176 g/mol. The normalized spacial score (nSPS) is 24.2. The quantitative estimate of drug-likeness (QED) is 0.705. The first-order valence-corrected chi connectivity index (χ1v) is 5.70. The SMILES string of the molecule is CCN(CC(C)(C)O)C1CCCNC1. The van der Waals surface area contributed by atoms with Gasteiger partial charge in [0, 0.05) is 19.1 Å². The molecule has 1 aliphatic heterocycles. The lowest BCUT2D eigenvalue weighted by Crippen LogP contribution is -2.50. The summed E-state index contributed by atoms with van der Waals surface area (Å²) in [5.41, 5.74) is -0.576. The topological polar surface area (TPSA) is 35.5 Å². The van der Waals surface area contributed by atoms with Crippen LogP contribution in [-0.4, -0.2) is 47.8 Å². The Morgan fingerprint density at radius 1 is 1.50 bits per heavy atom. The van der Waals surface area contributed by atoms with Crippen molar-refractivity contribution in [2.24, 2.45) is 0 Å². The zero-order valence-electron chi connectivity index (χ0n) is 9.71. The predicted octanol–water partition coefficient (Wildman–Crippen LogP) is 0.831. The van der Waals surface area contributed by atoms with E-state index in [0.717, 1.165) is 26.2 Å². The fraction of sp³-hybridized carbons (Fsp3) is 1.00. The van der Waals surface area contributed by atoms with Crippen molar-refractivity contribution in [1.82, 2.24) is 10.2 Å².